The Bertz CT molecular complexity index is 778. The number of carbonyl (C=O) groups excluding carboxylic acids is 2. The van der Waals surface area contributed by atoms with Crippen LogP contribution < -0.4 is 5.73 Å². The number of nitrogens with one attached hydrogen (secondary N) is 1. The number of aromatic amines is 1. The number of amides is 2. The Morgan fingerprint density at radius 2 is 2.00 bits per heavy atom. The van der Waals surface area contributed by atoms with E-state index in [1.807, 2.05) is 32.0 Å². The number of H-pyrrole nitrogens is 1. The van der Waals surface area contributed by atoms with E-state index in [0.29, 0.717) is 12.1 Å². The second kappa shape index (κ2) is 5.72. The van der Waals surface area contributed by atoms with Gasteiger partial charge in [-0.2, -0.15) is 0 Å². The third-order valence-corrected chi connectivity index (χ3v) is 5.10. The van der Waals surface area contributed by atoms with E-state index < -0.39 is 0 Å². The molecule has 122 valence electrons. The van der Waals surface area contributed by atoms with Crippen molar-refractivity contribution < 1.29 is 9.59 Å². The van der Waals surface area contributed by atoms with Crippen LogP contribution in [-0.4, -0.2) is 34.3 Å². The first kappa shape index (κ1) is 15.6. The number of benzene rings is 1. The van der Waals surface area contributed by atoms with E-state index >= 15 is 0 Å². The zero-order valence-corrected chi connectivity index (χ0v) is 13.8. The van der Waals surface area contributed by atoms with Gasteiger partial charge in [-0.05, 0) is 57.4 Å². The third kappa shape index (κ3) is 2.71. The van der Waals surface area contributed by atoms with Gasteiger partial charge in [0.25, 0.3) is 5.91 Å². The van der Waals surface area contributed by atoms with Gasteiger partial charge in [-0.15, -0.1) is 0 Å². The van der Waals surface area contributed by atoms with Gasteiger partial charge in [-0.25, -0.2) is 0 Å². The molecule has 5 nitrogen and oxygen atoms in total. The predicted molar refractivity (Wildman–Crippen MR) is 90.2 cm³/mol. The Morgan fingerprint density at radius 3 is 2.70 bits per heavy atom. The van der Waals surface area contributed by atoms with Gasteiger partial charge in [0, 0.05) is 34.7 Å². The van der Waals surface area contributed by atoms with Crippen LogP contribution in [0.15, 0.2) is 18.2 Å². The van der Waals surface area contributed by atoms with Gasteiger partial charge in [0.2, 0.25) is 5.91 Å². The molecule has 3 N–H and O–H groups in total. The van der Waals surface area contributed by atoms with E-state index in [9.17, 15) is 9.59 Å². The summed E-state index contributed by atoms with van der Waals surface area (Å²) < 4.78 is 0. The first-order valence-electron chi connectivity index (χ1n) is 8.07. The van der Waals surface area contributed by atoms with Crippen LogP contribution >= 0.6 is 0 Å². The molecule has 2 heterocycles. The lowest BCUT2D eigenvalue weighted by Gasteiger charge is -2.37. The predicted octanol–water partition coefficient (Wildman–Crippen LogP) is 2.51. The van der Waals surface area contributed by atoms with Crippen LogP contribution in [-0.2, 0) is 4.79 Å². The Labute approximate surface area is 135 Å². The van der Waals surface area contributed by atoms with Gasteiger partial charge in [-0.1, -0.05) is 0 Å². The number of primary amides is 1. The molecule has 0 unspecified atom stereocenters. The molecule has 1 aliphatic rings. The molecule has 0 spiro atoms. The number of nitrogens with zero attached hydrogens (tertiary/aromatic N) is 1. The molecular weight excluding hydrogens is 290 g/mol. The van der Waals surface area contributed by atoms with Crippen LogP contribution in [0.4, 0.5) is 0 Å². The smallest absolute Gasteiger partial charge is 0.254 e. The van der Waals surface area contributed by atoms with E-state index in [-0.39, 0.29) is 23.8 Å². The molecule has 23 heavy (non-hydrogen) atoms. The summed E-state index contributed by atoms with van der Waals surface area (Å²) in [5, 5.41) is 1.07. The fraction of sp³-hybridized carbons (Fsp3) is 0.444. The fourth-order valence-electron chi connectivity index (χ4n) is 3.38. The molecule has 3 rings (SSSR count). The zero-order chi connectivity index (χ0) is 16.7. The molecular formula is C18H23N3O2. The van der Waals surface area contributed by atoms with Crippen molar-refractivity contribution in [3.8, 4) is 0 Å². The van der Waals surface area contributed by atoms with Gasteiger partial charge in [-0.3, -0.25) is 9.59 Å². The van der Waals surface area contributed by atoms with Crippen molar-refractivity contribution in [2.75, 3.05) is 6.54 Å². The highest BCUT2D eigenvalue weighted by atomic mass is 16.2. The maximum Gasteiger partial charge on any atom is 0.254 e. The average Bonchev–Trinajstić information content (AvgIpc) is 2.81. The summed E-state index contributed by atoms with van der Waals surface area (Å²) >= 11 is 0. The summed E-state index contributed by atoms with van der Waals surface area (Å²) in [6, 6.07) is 5.86. The van der Waals surface area contributed by atoms with Crippen LogP contribution in [0.2, 0.25) is 0 Å². The molecule has 2 amide bonds. The maximum atomic E-state index is 12.9. The number of aromatic nitrogens is 1. The van der Waals surface area contributed by atoms with Crippen LogP contribution in [0.25, 0.3) is 10.9 Å². The number of nitrogens with two attached hydrogens (primary N) is 1. The Hall–Kier alpha value is -2.30. The first-order chi connectivity index (χ1) is 10.9. The molecule has 5 heteroatoms. The molecule has 0 aliphatic carbocycles. The number of carbonyl (C=O) groups is 2. The van der Waals surface area contributed by atoms with Crippen molar-refractivity contribution in [3.05, 3.63) is 35.0 Å². The number of likely N-dealkylation sites (tertiary alicyclic amines) is 1. The number of hydrogen-bond acceptors (Lipinski definition) is 2. The Morgan fingerprint density at radius 1 is 1.26 bits per heavy atom. The van der Waals surface area contributed by atoms with Crippen molar-refractivity contribution in [1.29, 1.82) is 0 Å². The molecule has 1 aliphatic heterocycles. The minimum atomic E-state index is -0.317. The van der Waals surface area contributed by atoms with E-state index in [1.54, 1.807) is 4.90 Å². The lowest BCUT2D eigenvalue weighted by Crippen LogP contribution is -2.48. The van der Waals surface area contributed by atoms with Crippen molar-refractivity contribution in [1.82, 2.24) is 9.88 Å². The van der Waals surface area contributed by atoms with Crippen molar-refractivity contribution in [3.63, 3.8) is 0 Å². The number of fused-ring (bicyclic) bond motifs is 1. The zero-order valence-electron chi connectivity index (χ0n) is 13.8. The fourth-order valence-corrected chi connectivity index (χ4v) is 3.38. The molecule has 1 aromatic carbocycles. The SMILES string of the molecule is Cc1[nH]c2ccc(C(=O)N3C[C@H](C(N)=O)CC[C@H]3C)cc2c1C. The highest BCUT2D eigenvalue weighted by molar-refractivity contribution is 5.99. The molecule has 0 bridgehead atoms. The maximum absolute atomic E-state index is 12.9. The number of hydrogen-bond donors (Lipinski definition) is 2. The lowest BCUT2D eigenvalue weighted by molar-refractivity contribution is -0.123. The summed E-state index contributed by atoms with van der Waals surface area (Å²) in [4.78, 5) is 29.5. The highest BCUT2D eigenvalue weighted by Gasteiger charge is 2.32. The van der Waals surface area contributed by atoms with Crippen LogP contribution in [0.3, 0.4) is 0 Å². The highest BCUT2D eigenvalue weighted by Crippen LogP contribution is 2.26. The monoisotopic (exact) mass is 313 g/mol. The summed E-state index contributed by atoms with van der Waals surface area (Å²) in [6.07, 6.45) is 1.57. The summed E-state index contributed by atoms with van der Waals surface area (Å²) in [7, 11) is 0. The van der Waals surface area contributed by atoms with Crippen LogP contribution in [0.1, 0.15) is 41.4 Å². The Balaban J connectivity index is 1.92. The summed E-state index contributed by atoms with van der Waals surface area (Å²) in [6.45, 7) is 6.52. The van der Waals surface area contributed by atoms with E-state index in [1.165, 1.54) is 0 Å². The second-order valence-electron chi connectivity index (χ2n) is 6.62. The van der Waals surface area contributed by atoms with Gasteiger partial charge in [0.1, 0.15) is 0 Å². The number of piperidine rings is 1. The number of rotatable bonds is 2. The van der Waals surface area contributed by atoms with Crippen molar-refractivity contribution in [2.24, 2.45) is 11.7 Å². The molecule has 1 saturated heterocycles. The van der Waals surface area contributed by atoms with Gasteiger partial charge < -0.3 is 15.6 Å². The van der Waals surface area contributed by atoms with Gasteiger partial charge in [0.15, 0.2) is 0 Å². The normalized spacial score (nSPS) is 21.6. The molecule has 2 aromatic rings. The number of aryl methyl sites for hydroxylation is 2. The third-order valence-electron chi connectivity index (χ3n) is 5.10. The standard InChI is InChI=1S/C18H23N3O2/c1-10-4-5-14(17(19)22)9-21(10)18(23)13-6-7-16-15(8-13)11(2)12(3)20-16/h6-8,10,14,20H,4-5,9H2,1-3H3,(H2,19,22)/t10-,14-/m1/s1. The lowest BCUT2D eigenvalue weighted by atomic mass is 9.92. The van der Waals surface area contributed by atoms with E-state index in [0.717, 1.165) is 35.0 Å². The van der Waals surface area contributed by atoms with E-state index in [2.05, 4.69) is 11.9 Å². The Kier molecular flexibility index (Phi) is 3.88. The van der Waals surface area contributed by atoms with Crippen LogP contribution in [0.5, 0.6) is 0 Å². The van der Waals surface area contributed by atoms with E-state index in [4.69, 9.17) is 5.73 Å². The van der Waals surface area contributed by atoms with Gasteiger partial charge >= 0.3 is 0 Å². The van der Waals surface area contributed by atoms with Crippen molar-refractivity contribution in [2.45, 2.75) is 39.7 Å². The average molecular weight is 313 g/mol. The minimum Gasteiger partial charge on any atom is -0.369 e. The van der Waals surface area contributed by atoms with Crippen LogP contribution in [0, 0.1) is 19.8 Å². The molecule has 2 atom stereocenters. The van der Waals surface area contributed by atoms with Crippen molar-refractivity contribution >= 4 is 22.7 Å². The topological polar surface area (TPSA) is 79.2 Å². The quantitative estimate of drug-likeness (QED) is 0.893. The molecule has 1 fully saturated rings. The first-order valence-corrected chi connectivity index (χ1v) is 8.07. The summed E-state index contributed by atoms with van der Waals surface area (Å²) in [5.41, 5.74) is 9.41. The van der Waals surface area contributed by atoms with Gasteiger partial charge in [0.05, 0.1) is 5.92 Å². The molecule has 1 aromatic heterocycles. The minimum absolute atomic E-state index is 0.0244. The summed E-state index contributed by atoms with van der Waals surface area (Å²) in [5.74, 6) is -0.582. The second-order valence-corrected chi connectivity index (χ2v) is 6.62. The molecule has 0 saturated carbocycles. The molecule has 0 radical (unpaired) electrons. The largest absolute Gasteiger partial charge is 0.369 e.